The molecule has 0 aliphatic heterocycles. The number of aromatic amines is 3. The number of aryl methyl sites for hydroxylation is 14. The molecule has 0 amide bonds. The van der Waals surface area contributed by atoms with Crippen LogP contribution >= 0.6 is 120 Å². The number of phenolic OH excluding ortho intramolecular Hbond substituents is 1. The molecule has 0 aliphatic rings. The molecule has 0 fully saturated rings. The van der Waals surface area contributed by atoms with Gasteiger partial charge in [-0.05, 0) is 326 Å². The van der Waals surface area contributed by atoms with Crippen LogP contribution in [0, 0.1) is 103 Å². The van der Waals surface area contributed by atoms with Gasteiger partial charge in [0.1, 0.15) is 34.0 Å². The number of halogens is 11. The fraction of sp³-hybridized carbons (Fsp3) is 0.177. The second-order valence-corrected chi connectivity index (χ2v) is 31.2. The fourth-order valence-corrected chi connectivity index (χ4v) is 11.9. The second-order valence-electron chi connectivity index (χ2n) is 26.7. The summed E-state index contributed by atoms with van der Waals surface area (Å²) in [6.45, 7) is 27.9. The normalized spacial score (nSPS) is 9.71. The zero-order valence-corrected chi connectivity index (χ0v) is 77.9. The van der Waals surface area contributed by atoms with Crippen molar-refractivity contribution in [2.75, 3.05) is 21.3 Å². The number of aromatic nitrogens is 8. The Labute approximate surface area is 753 Å². The van der Waals surface area contributed by atoms with Crippen LogP contribution in [0.5, 0.6) is 23.0 Å². The van der Waals surface area contributed by atoms with E-state index in [1.165, 1.54) is 55.7 Å². The highest BCUT2D eigenvalue weighted by molar-refractivity contribution is 9.10. The van der Waals surface area contributed by atoms with Gasteiger partial charge in [-0.1, -0.05) is 195 Å². The number of rotatable bonds is 3. The molecule has 4 N–H and O–H groups in total. The minimum Gasteiger partial charge on any atom is -0.508 e. The minimum atomic E-state index is -0.359. The average Bonchev–Trinajstić information content (AvgIpc) is 1.70. The lowest BCUT2D eigenvalue weighted by molar-refractivity contribution is 0.412. The molecule has 0 saturated heterocycles. The van der Waals surface area contributed by atoms with Gasteiger partial charge in [0.2, 0.25) is 0 Å². The van der Waals surface area contributed by atoms with Crippen LogP contribution in [0.2, 0.25) is 45.3 Å². The van der Waals surface area contributed by atoms with Crippen LogP contribution in [0.3, 0.4) is 0 Å². The van der Waals surface area contributed by atoms with Gasteiger partial charge in [0.25, 0.3) is 0 Å². The first-order chi connectivity index (χ1) is 56.5. The van der Waals surface area contributed by atoms with Crippen LogP contribution in [0.4, 0.5) is 4.39 Å². The summed E-state index contributed by atoms with van der Waals surface area (Å²) in [5.74, 6) is 2.24. The SMILES string of the molecule is COc1cc(C)ccc1Cl.COc1ccc(C)cc1Cl.COc1ccc(C)nc1.Cc1cc(Cl)cc(Cl)c1.Cc1ccc(Br)c(Cl)c1.Cc1ccc(C)nc1.Cc1ccc(Cl)c(Cl)c1.Cc1ccc(F)c(Cl)c1.Cc1ccc(O)cc1.Cc1ccc2c(Cl)[nH]nc2c1.Cc1ccc2cc[nH]c2c1.Cc1ccc2cn[nH]c2c1.Cc1ccccn1. The molecule has 12 nitrogen and oxygen atoms in total. The molecule has 0 saturated carbocycles. The molecule has 0 bridgehead atoms. The van der Waals surface area contributed by atoms with E-state index in [0.29, 0.717) is 41.0 Å². The molecule has 119 heavy (non-hydrogen) atoms. The molecular formula is C96H99BrCl9FN8O4. The van der Waals surface area contributed by atoms with E-state index in [-0.39, 0.29) is 10.8 Å². The maximum absolute atomic E-state index is 12.4. The number of aromatic hydroxyl groups is 1. The molecule has 6 aromatic heterocycles. The lowest BCUT2D eigenvalue weighted by Gasteiger charge is -2.01. The summed E-state index contributed by atoms with van der Waals surface area (Å²) in [4.78, 5) is 15.2. The first-order valence-corrected chi connectivity index (χ1v) is 41.1. The van der Waals surface area contributed by atoms with Crippen molar-refractivity contribution in [2.45, 2.75) is 96.9 Å². The predicted molar refractivity (Wildman–Crippen MR) is 509 cm³/mol. The Hall–Kier alpha value is -9.65. The predicted octanol–water partition coefficient (Wildman–Crippen LogP) is 31.2. The maximum atomic E-state index is 12.4. The lowest BCUT2D eigenvalue weighted by atomic mass is 10.2. The van der Waals surface area contributed by atoms with Crippen LogP contribution in [0.1, 0.15) is 78.3 Å². The quantitative estimate of drug-likeness (QED) is 0.135. The number of hydrogen-bond acceptors (Lipinski definition) is 9. The molecule has 0 atom stereocenters. The molecule has 0 spiro atoms. The van der Waals surface area contributed by atoms with Crippen LogP contribution in [0.15, 0.2) is 272 Å². The lowest BCUT2D eigenvalue weighted by Crippen LogP contribution is -1.84. The van der Waals surface area contributed by atoms with Crippen molar-refractivity contribution in [3.05, 3.63) is 401 Å². The summed E-state index contributed by atoms with van der Waals surface area (Å²) >= 11 is 54.5. The molecular weight excluding hydrogens is 1750 g/mol. The summed E-state index contributed by atoms with van der Waals surface area (Å²) in [6.07, 6.45) is 9.15. The number of ether oxygens (including phenoxy) is 3. The fourth-order valence-electron chi connectivity index (χ4n) is 9.45. The summed E-state index contributed by atoms with van der Waals surface area (Å²) in [5, 5.41) is 31.3. The molecule has 624 valence electrons. The van der Waals surface area contributed by atoms with Crippen molar-refractivity contribution < 1.29 is 23.7 Å². The summed E-state index contributed by atoms with van der Waals surface area (Å²) in [6, 6.07) is 74.4. The Balaban J connectivity index is 0.000000271. The third-order valence-electron chi connectivity index (χ3n) is 15.8. The number of methoxy groups -OCH3 is 3. The average molecular weight is 1850 g/mol. The van der Waals surface area contributed by atoms with Crippen molar-refractivity contribution in [3.63, 3.8) is 0 Å². The van der Waals surface area contributed by atoms with E-state index in [9.17, 15) is 4.39 Å². The van der Waals surface area contributed by atoms with E-state index in [1.807, 2.05) is 247 Å². The van der Waals surface area contributed by atoms with Crippen LogP contribution in [0.25, 0.3) is 32.7 Å². The Morgan fingerprint density at radius 2 is 0.849 bits per heavy atom. The van der Waals surface area contributed by atoms with E-state index < -0.39 is 0 Å². The molecule has 16 aromatic rings. The van der Waals surface area contributed by atoms with Gasteiger partial charge >= 0.3 is 0 Å². The van der Waals surface area contributed by atoms with Crippen LogP contribution in [-0.2, 0) is 0 Å². The standard InChI is InChI=1S/C9H9N.C8H7ClN2.2C8H9ClO.C8H8N2.C7H6BrCl.2C7H6Cl2.C7H6ClF.C7H9NO.C7H9N.C7H8O.C6H7N/c1-7-2-3-8-4-5-10-9(8)6-7;1-5-2-3-6-7(4-5)10-11-8(6)9;1-6-3-4-8(10-2)7(9)5-6;1-6-3-4-7(9)8(5-6)10-2;1-6-2-3-7-5-9-10-8(7)4-6;1-5-2-3-6(8)7(9)4-5;1-5-2-6(8)4-7(9)3-5;1-5-2-3-6(8)7(9)4-5;1-5-2-3-7(9)6(8)4-5;1-6-3-4-7(9-2)5-8-6;1-6-3-4-7(2)8-5-6;1-6-2-4-7(8)5-3-6;1-6-4-2-3-5-7-6/h2-6,10H,1H3;2-4H,1H3,(H,10,11);2*3-5H,1-2H3;2-5H,1H3,(H,9,10);4*2-4H,1H3;3-5H,1-2H3;3-5H,1-2H3;2-5,8H,1H3;2-5H,1H3. The van der Waals surface area contributed by atoms with Crippen LogP contribution < -0.4 is 14.2 Å². The molecule has 16 rings (SSSR count). The number of benzene rings is 10. The molecule has 0 radical (unpaired) electrons. The largest absolute Gasteiger partial charge is 0.508 e. The number of nitrogens with zero attached hydrogens (tertiary/aromatic N) is 5. The van der Waals surface area contributed by atoms with Gasteiger partial charge in [-0.25, -0.2) is 4.39 Å². The first kappa shape index (κ1) is 102. The van der Waals surface area contributed by atoms with Crippen molar-refractivity contribution in [1.29, 1.82) is 0 Å². The van der Waals surface area contributed by atoms with Gasteiger partial charge in [0.15, 0.2) is 0 Å². The van der Waals surface area contributed by atoms with Crippen LogP contribution in [-0.4, -0.2) is 66.8 Å². The van der Waals surface area contributed by atoms with Gasteiger partial charge in [-0.3, -0.25) is 25.1 Å². The minimum absolute atomic E-state index is 0.190. The van der Waals surface area contributed by atoms with E-state index in [0.717, 1.165) is 88.1 Å². The van der Waals surface area contributed by atoms with Gasteiger partial charge in [0, 0.05) is 66.5 Å². The molecule has 0 aliphatic carbocycles. The number of phenols is 1. The highest BCUT2D eigenvalue weighted by Crippen LogP contribution is 2.28. The zero-order chi connectivity index (χ0) is 88.1. The van der Waals surface area contributed by atoms with Crippen molar-refractivity contribution in [1.82, 2.24) is 40.3 Å². The van der Waals surface area contributed by atoms with E-state index in [1.54, 1.807) is 70.1 Å². The molecule has 10 aromatic carbocycles. The van der Waals surface area contributed by atoms with Crippen molar-refractivity contribution in [3.8, 4) is 23.0 Å². The molecule has 0 unspecified atom stereocenters. The molecule has 23 heteroatoms. The van der Waals surface area contributed by atoms with Gasteiger partial charge < -0.3 is 24.3 Å². The third-order valence-corrected chi connectivity index (χ3v) is 19.4. The van der Waals surface area contributed by atoms with Crippen molar-refractivity contribution >= 4 is 153 Å². The number of fused-ring (bicyclic) bond motifs is 3. The Kier molecular flexibility index (Phi) is 47.2. The van der Waals surface area contributed by atoms with E-state index >= 15 is 0 Å². The maximum Gasteiger partial charge on any atom is 0.141 e. The van der Waals surface area contributed by atoms with E-state index in [2.05, 4.69) is 119 Å². The van der Waals surface area contributed by atoms with Crippen molar-refractivity contribution in [2.24, 2.45) is 0 Å². The van der Waals surface area contributed by atoms with E-state index in [4.69, 9.17) is 124 Å². The Morgan fingerprint density at radius 1 is 0.353 bits per heavy atom. The first-order valence-electron chi connectivity index (χ1n) is 36.9. The monoisotopic (exact) mass is 1840 g/mol. The summed E-state index contributed by atoms with van der Waals surface area (Å²) in [7, 11) is 4.85. The van der Waals surface area contributed by atoms with Gasteiger partial charge in [-0.15, -0.1) is 0 Å². The number of nitrogens with one attached hydrogen (secondary N) is 3. The van der Waals surface area contributed by atoms with Gasteiger partial charge in [0.05, 0.1) is 74.9 Å². The number of pyridine rings is 3. The Bertz CT molecular complexity index is 5320. The zero-order valence-electron chi connectivity index (χ0n) is 69.5. The smallest absolute Gasteiger partial charge is 0.141 e. The number of hydrogen-bond donors (Lipinski definition) is 4. The Morgan fingerprint density at radius 3 is 1.33 bits per heavy atom. The highest BCUT2D eigenvalue weighted by atomic mass is 79.9. The van der Waals surface area contributed by atoms with Gasteiger partial charge in [-0.2, -0.15) is 10.2 Å². The summed E-state index contributed by atoms with van der Waals surface area (Å²) in [5.41, 5.74) is 19.2. The second kappa shape index (κ2) is 55.2. The topological polar surface area (TPSA) is 160 Å². The third kappa shape index (κ3) is 41.7. The molecule has 6 heterocycles. The number of H-pyrrole nitrogens is 3. The highest BCUT2D eigenvalue weighted by Gasteiger charge is 2.04. The summed E-state index contributed by atoms with van der Waals surface area (Å²) < 4.78 is 28.2.